The van der Waals surface area contributed by atoms with E-state index < -0.39 is 0 Å². The summed E-state index contributed by atoms with van der Waals surface area (Å²) in [5.74, 6) is 0.221. The molecule has 3 nitrogen and oxygen atoms in total. The molecule has 16 heavy (non-hydrogen) atoms. The summed E-state index contributed by atoms with van der Waals surface area (Å²) in [4.78, 5) is 11.6. The first-order valence-corrected chi connectivity index (χ1v) is 5.86. The van der Waals surface area contributed by atoms with Crippen LogP contribution >= 0.6 is 12.4 Å². The fourth-order valence-electron chi connectivity index (χ4n) is 2.09. The zero-order valence-corrected chi connectivity index (χ0v) is 11.3. The van der Waals surface area contributed by atoms with E-state index in [0.717, 1.165) is 12.8 Å². The monoisotopic (exact) mass is 249 g/mol. The van der Waals surface area contributed by atoms with Gasteiger partial charge >= 0.3 is 5.97 Å². The van der Waals surface area contributed by atoms with Gasteiger partial charge in [-0.2, -0.15) is 0 Å². The van der Waals surface area contributed by atoms with Gasteiger partial charge in [-0.25, -0.2) is 0 Å². The quantitative estimate of drug-likeness (QED) is 0.766. The van der Waals surface area contributed by atoms with Crippen LogP contribution in [0.3, 0.4) is 0 Å². The van der Waals surface area contributed by atoms with Crippen LogP contribution < -0.4 is 5.73 Å². The molecule has 0 radical (unpaired) electrons. The van der Waals surface area contributed by atoms with Gasteiger partial charge in [-0.1, -0.05) is 12.8 Å². The Kier molecular flexibility index (Phi) is 6.34. The lowest BCUT2D eigenvalue weighted by atomic mass is 9.83. The summed E-state index contributed by atoms with van der Waals surface area (Å²) in [5.41, 5.74) is 5.60. The Morgan fingerprint density at radius 1 is 1.31 bits per heavy atom. The van der Waals surface area contributed by atoms with Crippen molar-refractivity contribution in [2.24, 2.45) is 11.7 Å². The minimum absolute atomic E-state index is 0. The number of nitrogens with two attached hydrogens (primary N) is 1. The van der Waals surface area contributed by atoms with Crippen molar-refractivity contribution in [3.05, 3.63) is 0 Å². The van der Waals surface area contributed by atoms with Crippen molar-refractivity contribution in [2.75, 3.05) is 0 Å². The fourth-order valence-corrected chi connectivity index (χ4v) is 2.09. The van der Waals surface area contributed by atoms with E-state index in [4.69, 9.17) is 10.5 Å². The van der Waals surface area contributed by atoms with Crippen molar-refractivity contribution in [2.45, 2.75) is 64.5 Å². The molecule has 4 heteroatoms. The van der Waals surface area contributed by atoms with Gasteiger partial charge in [-0.3, -0.25) is 4.79 Å². The van der Waals surface area contributed by atoms with Gasteiger partial charge in [-0.05, 0) is 39.5 Å². The zero-order chi connectivity index (χ0) is 11.5. The lowest BCUT2D eigenvalue weighted by Crippen LogP contribution is -2.36. The number of rotatable bonds is 2. The summed E-state index contributed by atoms with van der Waals surface area (Å²) >= 11 is 0. The van der Waals surface area contributed by atoms with Crippen LogP contribution in [0, 0.1) is 5.92 Å². The van der Waals surface area contributed by atoms with Crippen LogP contribution in [-0.4, -0.2) is 17.6 Å². The van der Waals surface area contributed by atoms with Gasteiger partial charge in [0.05, 0.1) is 0 Å². The van der Waals surface area contributed by atoms with Gasteiger partial charge in [0.2, 0.25) is 0 Å². The maximum atomic E-state index is 11.6. The van der Waals surface area contributed by atoms with E-state index in [-0.39, 0.29) is 30.0 Å². The summed E-state index contributed by atoms with van der Waals surface area (Å²) in [5, 5.41) is 0. The van der Waals surface area contributed by atoms with Gasteiger partial charge in [0, 0.05) is 12.5 Å². The molecule has 2 atom stereocenters. The van der Waals surface area contributed by atoms with Gasteiger partial charge in [0.1, 0.15) is 5.60 Å². The van der Waals surface area contributed by atoms with Crippen LogP contribution in [0.25, 0.3) is 0 Å². The van der Waals surface area contributed by atoms with Crippen molar-refractivity contribution in [1.82, 2.24) is 0 Å². The average Bonchev–Trinajstić information content (AvgIpc) is 2.05. The third-order valence-electron chi connectivity index (χ3n) is 2.82. The molecule has 0 aliphatic heterocycles. The number of carbonyl (C=O) groups excluding carboxylic acids is 1. The lowest BCUT2D eigenvalue weighted by Gasteiger charge is -2.29. The van der Waals surface area contributed by atoms with Gasteiger partial charge < -0.3 is 10.5 Å². The Labute approximate surface area is 105 Å². The van der Waals surface area contributed by atoms with Crippen LogP contribution in [-0.2, 0) is 9.53 Å². The molecule has 1 aliphatic rings. The molecule has 0 amide bonds. The molecular formula is C12H24ClNO2. The summed E-state index contributed by atoms with van der Waals surface area (Å²) in [7, 11) is 0. The summed E-state index contributed by atoms with van der Waals surface area (Å²) in [6.45, 7) is 5.68. The molecule has 1 fully saturated rings. The number of esters is 1. The Balaban J connectivity index is 0.00000225. The maximum Gasteiger partial charge on any atom is 0.306 e. The number of ether oxygens (including phenoxy) is 1. The van der Waals surface area contributed by atoms with Crippen LogP contribution in [0.4, 0.5) is 0 Å². The van der Waals surface area contributed by atoms with E-state index in [1.165, 1.54) is 12.8 Å². The minimum Gasteiger partial charge on any atom is -0.460 e. The first-order chi connectivity index (χ1) is 6.88. The van der Waals surface area contributed by atoms with E-state index in [9.17, 15) is 4.79 Å². The topological polar surface area (TPSA) is 52.3 Å². The highest BCUT2D eigenvalue weighted by Gasteiger charge is 2.26. The van der Waals surface area contributed by atoms with Gasteiger partial charge in [0.25, 0.3) is 0 Å². The Morgan fingerprint density at radius 2 is 1.88 bits per heavy atom. The number of halogens is 1. The SMILES string of the molecule is CC(C)(C)OC(=O)CC1CCCCC1N.Cl. The smallest absolute Gasteiger partial charge is 0.306 e. The van der Waals surface area contributed by atoms with E-state index in [2.05, 4.69) is 0 Å². The molecule has 0 bridgehead atoms. The van der Waals surface area contributed by atoms with Crippen LogP contribution in [0.15, 0.2) is 0 Å². The molecule has 0 heterocycles. The first kappa shape index (κ1) is 15.7. The van der Waals surface area contributed by atoms with Crippen molar-refractivity contribution < 1.29 is 9.53 Å². The van der Waals surface area contributed by atoms with Crippen molar-refractivity contribution in [3.8, 4) is 0 Å². The second-order valence-corrected chi connectivity index (χ2v) is 5.50. The fraction of sp³-hybridized carbons (Fsp3) is 0.917. The Morgan fingerprint density at radius 3 is 2.38 bits per heavy atom. The second kappa shape index (κ2) is 6.45. The molecule has 0 spiro atoms. The molecule has 1 rings (SSSR count). The summed E-state index contributed by atoms with van der Waals surface area (Å²) < 4.78 is 5.29. The normalized spacial score (nSPS) is 25.8. The van der Waals surface area contributed by atoms with E-state index in [1.807, 2.05) is 20.8 Å². The van der Waals surface area contributed by atoms with Gasteiger partial charge in [-0.15, -0.1) is 12.4 Å². The third-order valence-corrected chi connectivity index (χ3v) is 2.82. The Hall–Kier alpha value is -0.280. The lowest BCUT2D eigenvalue weighted by molar-refractivity contribution is -0.156. The zero-order valence-electron chi connectivity index (χ0n) is 10.5. The number of hydrogen-bond acceptors (Lipinski definition) is 3. The first-order valence-electron chi connectivity index (χ1n) is 5.86. The molecular weight excluding hydrogens is 226 g/mol. The molecule has 1 aliphatic carbocycles. The molecule has 2 unspecified atom stereocenters. The highest BCUT2D eigenvalue weighted by molar-refractivity contribution is 5.85. The largest absolute Gasteiger partial charge is 0.460 e. The average molecular weight is 250 g/mol. The van der Waals surface area contributed by atoms with E-state index >= 15 is 0 Å². The Bertz CT molecular complexity index is 226. The van der Waals surface area contributed by atoms with Crippen molar-refractivity contribution in [1.29, 1.82) is 0 Å². The predicted octanol–water partition coefficient (Wildman–Crippen LogP) is 2.66. The summed E-state index contributed by atoms with van der Waals surface area (Å²) in [6, 6.07) is 0.186. The molecule has 0 saturated heterocycles. The van der Waals surface area contributed by atoms with Gasteiger partial charge in [0.15, 0.2) is 0 Å². The molecule has 1 saturated carbocycles. The number of carbonyl (C=O) groups is 1. The van der Waals surface area contributed by atoms with Crippen LogP contribution in [0.1, 0.15) is 52.9 Å². The standard InChI is InChI=1S/C12H23NO2.ClH/c1-12(2,3)15-11(14)8-9-6-4-5-7-10(9)13;/h9-10H,4-8,13H2,1-3H3;1H. The van der Waals surface area contributed by atoms with Crippen LogP contribution in [0.5, 0.6) is 0 Å². The minimum atomic E-state index is -0.379. The maximum absolute atomic E-state index is 11.6. The number of hydrogen-bond donors (Lipinski definition) is 1. The van der Waals surface area contributed by atoms with Crippen LogP contribution in [0.2, 0.25) is 0 Å². The second-order valence-electron chi connectivity index (χ2n) is 5.50. The highest BCUT2D eigenvalue weighted by Crippen LogP contribution is 2.26. The molecule has 0 aromatic carbocycles. The molecule has 96 valence electrons. The third kappa shape index (κ3) is 5.71. The highest BCUT2D eigenvalue weighted by atomic mass is 35.5. The van der Waals surface area contributed by atoms with Crippen molar-refractivity contribution >= 4 is 18.4 Å². The van der Waals surface area contributed by atoms with E-state index in [0.29, 0.717) is 12.3 Å². The molecule has 0 aromatic heterocycles. The van der Waals surface area contributed by atoms with E-state index in [1.54, 1.807) is 0 Å². The predicted molar refractivity (Wildman–Crippen MR) is 67.6 cm³/mol. The summed E-state index contributed by atoms with van der Waals surface area (Å²) in [6.07, 6.45) is 5.00. The molecule has 0 aromatic rings. The molecule has 2 N–H and O–H groups in total. The van der Waals surface area contributed by atoms with Crippen molar-refractivity contribution in [3.63, 3.8) is 0 Å².